The maximum Gasteiger partial charge on any atom is 0.235 e. The van der Waals surface area contributed by atoms with Crippen LogP contribution in [0.4, 0.5) is 0 Å². The van der Waals surface area contributed by atoms with Crippen LogP contribution in [0, 0.1) is 0 Å². The number of hydrogen-bond donors (Lipinski definition) is 1. The van der Waals surface area contributed by atoms with Gasteiger partial charge in [0, 0.05) is 12.1 Å². The van der Waals surface area contributed by atoms with Crippen LogP contribution in [0.3, 0.4) is 0 Å². The van der Waals surface area contributed by atoms with Crippen LogP contribution < -0.4 is 20.6 Å². The molecule has 1 heterocycles. The van der Waals surface area contributed by atoms with Crippen LogP contribution in [-0.4, -0.2) is 14.2 Å². The topological polar surface area (TPSA) is 74.7 Å². The van der Waals surface area contributed by atoms with E-state index in [1.165, 1.54) is 14.2 Å². The van der Waals surface area contributed by atoms with E-state index in [-0.39, 0.29) is 11.2 Å². The highest BCUT2D eigenvalue weighted by atomic mass is 79.9. The molecule has 7 heteroatoms. The van der Waals surface area contributed by atoms with Crippen molar-refractivity contribution >= 4 is 38.5 Å². The van der Waals surface area contributed by atoms with Gasteiger partial charge in [-0.3, -0.25) is 4.79 Å². The lowest BCUT2D eigenvalue weighted by molar-refractivity contribution is 0.398. The van der Waals surface area contributed by atoms with Crippen molar-refractivity contribution < 1.29 is 13.9 Å². The van der Waals surface area contributed by atoms with E-state index < -0.39 is 0 Å². The Morgan fingerprint density at radius 2 is 1.96 bits per heavy atom. The van der Waals surface area contributed by atoms with Crippen LogP contribution in [0.1, 0.15) is 5.56 Å². The van der Waals surface area contributed by atoms with Crippen LogP contribution in [0.25, 0.3) is 22.3 Å². The molecule has 0 saturated carbocycles. The molecule has 3 aromatic rings. The number of nitrogens with two attached hydrogens (primary N) is 1. The highest BCUT2D eigenvalue weighted by molar-refractivity contribution is 9.10. The van der Waals surface area contributed by atoms with Gasteiger partial charge < -0.3 is 19.6 Å². The summed E-state index contributed by atoms with van der Waals surface area (Å²) in [7, 11) is 2.96. The molecular weight excluding hydrogens is 410 g/mol. The number of benzene rings is 2. The standard InChI is InChI=1S/C18H15BrClNO4/c1-23-14-4-3-10(7-13(14)20)16-18(24-2)15(22)11-5-9(8-21)6-12(19)17(11)25-16/h3-7H,8,21H2,1-2H3. The Kier molecular flexibility index (Phi) is 5.03. The minimum Gasteiger partial charge on any atom is -0.495 e. The average Bonchev–Trinajstić information content (AvgIpc) is 2.61. The van der Waals surface area contributed by atoms with Gasteiger partial charge in [-0.2, -0.15) is 0 Å². The Morgan fingerprint density at radius 1 is 1.20 bits per heavy atom. The molecule has 1 aromatic heterocycles. The molecule has 0 amide bonds. The van der Waals surface area contributed by atoms with Crippen molar-refractivity contribution in [1.29, 1.82) is 0 Å². The Morgan fingerprint density at radius 3 is 2.56 bits per heavy atom. The quantitative estimate of drug-likeness (QED) is 0.674. The number of rotatable bonds is 4. The lowest BCUT2D eigenvalue weighted by Gasteiger charge is -2.12. The SMILES string of the molecule is COc1ccc(-c2oc3c(Br)cc(CN)cc3c(=O)c2OC)cc1Cl. The van der Waals surface area contributed by atoms with Crippen molar-refractivity contribution in [1.82, 2.24) is 0 Å². The Hall–Kier alpha value is -2.02. The van der Waals surface area contributed by atoms with Crippen LogP contribution in [0.2, 0.25) is 5.02 Å². The molecule has 0 fully saturated rings. The highest BCUT2D eigenvalue weighted by Crippen LogP contribution is 2.37. The Bertz CT molecular complexity index is 1020. The molecule has 2 aromatic carbocycles. The molecule has 0 spiro atoms. The second-order valence-electron chi connectivity index (χ2n) is 5.30. The average molecular weight is 425 g/mol. The third kappa shape index (κ3) is 3.13. The second kappa shape index (κ2) is 7.07. The van der Waals surface area contributed by atoms with Gasteiger partial charge >= 0.3 is 0 Å². The summed E-state index contributed by atoms with van der Waals surface area (Å²) in [6.07, 6.45) is 0. The summed E-state index contributed by atoms with van der Waals surface area (Å²) in [5, 5.41) is 0.803. The van der Waals surface area contributed by atoms with Gasteiger partial charge in [0.25, 0.3) is 0 Å². The molecule has 25 heavy (non-hydrogen) atoms. The summed E-state index contributed by atoms with van der Waals surface area (Å²) in [5.74, 6) is 0.932. The zero-order valence-corrected chi connectivity index (χ0v) is 15.9. The molecular formula is C18H15BrClNO4. The Labute approximate surface area is 157 Å². The summed E-state index contributed by atoms with van der Waals surface area (Å²) < 4.78 is 17.1. The normalized spacial score (nSPS) is 10.9. The van der Waals surface area contributed by atoms with Gasteiger partial charge in [-0.05, 0) is 51.8 Å². The van der Waals surface area contributed by atoms with Crippen molar-refractivity contribution in [3.05, 3.63) is 55.6 Å². The third-order valence-corrected chi connectivity index (χ3v) is 4.70. The molecule has 3 rings (SSSR count). The first-order chi connectivity index (χ1) is 12.0. The maximum absolute atomic E-state index is 12.9. The van der Waals surface area contributed by atoms with E-state index in [1.54, 1.807) is 24.3 Å². The highest BCUT2D eigenvalue weighted by Gasteiger charge is 2.19. The molecule has 0 bridgehead atoms. The first-order valence-electron chi connectivity index (χ1n) is 7.37. The lowest BCUT2D eigenvalue weighted by atomic mass is 10.1. The van der Waals surface area contributed by atoms with Crippen molar-refractivity contribution in [3.63, 3.8) is 0 Å². The second-order valence-corrected chi connectivity index (χ2v) is 6.56. The summed E-state index contributed by atoms with van der Waals surface area (Å²) in [5.41, 5.74) is 7.25. The van der Waals surface area contributed by atoms with Crippen molar-refractivity contribution in [2.24, 2.45) is 5.73 Å². The number of halogens is 2. The van der Waals surface area contributed by atoms with Crippen LogP contribution in [-0.2, 0) is 6.54 Å². The third-order valence-electron chi connectivity index (χ3n) is 3.82. The fourth-order valence-electron chi connectivity index (χ4n) is 2.60. The van der Waals surface area contributed by atoms with E-state index in [0.717, 1.165) is 5.56 Å². The largest absolute Gasteiger partial charge is 0.495 e. The molecule has 2 N–H and O–H groups in total. The summed E-state index contributed by atoms with van der Waals surface area (Å²) in [6.45, 7) is 0.312. The number of fused-ring (bicyclic) bond motifs is 1. The number of ether oxygens (including phenoxy) is 2. The molecule has 0 saturated heterocycles. The molecule has 0 radical (unpaired) electrons. The maximum atomic E-state index is 12.9. The fraction of sp³-hybridized carbons (Fsp3) is 0.167. The monoisotopic (exact) mass is 423 g/mol. The van der Waals surface area contributed by atoms with Gasteiger partial charge in [0.15, 0.2) is 11.3 Å². The molecule has 5 nitrogen and oxygen atoms in total. The predicted molar refractivity (Wildman–Crippen MR) is 102 cm³/mol. The fourth-order valence-corrected chi connectivity index (χ4v) is 3.44. The van der Waals surface area contributed by atoms with Crippen molar-refractivity contribution in [2.75, 3.05) is 14.2 Å². The van der Waals surface area contributed by atoms with E-state index in [9.17, 15) is 4.79 Å². The Balaban J connectivity index is 2.34. The summed E-state index contributed by atoms with van der Waals surface area (Å²) in [4.78, 5) is 12.9. The van der Waals surface area contributed by atoms with E-state index >= 15 is 0 Å². The van der Waals surface area contributed by atoms with Gasteiger partial charge in [-0.15, -0.1) is 0 Å². The van der Waals surface area contributed by atoms with Gasteiger partial charge in [-0.1, -0.05) is 11.6 Å². The van der Waals surface area contributed by atoms with E-state index in [4.69, 9.17) is 31.2 Å². The van der Waals surface area contributed by atoms with Crippen LogP contribution in [0.5, 0.6) is 11.5 Å². The number of methoxy groups -OCH3 is 2. The molecule has 0 aliphatic carbocycles. The van der Waals surface area contributed by atoms with Gasteiger partial charge in [0.1, 0.15) is 5.75 Å². The molecule has 130 valence electrons. The van der Waals surface area contributed by atoms with Gasteiger partial charge in [-0.25, -0.2) is 0 Å². The van der Waals surface area contributed by atoms with Gasteiger partial charge in [0.05, 0.1) is 29.1 Å². The molecule has 0 atom stereocenters. The van der Waals surface area contributed by atoms with E-state index in [0.29, 0.717) is 44.1 Å². The van der Waals surface area contributed by atoms with Crippen LogP contribution >= 0.6 is 27.5 Å². The molecule has 0 unspecified atom stereocenters. The van der Waals surface area contributed by atoms with Crippen molar-refractivity contribution in [2.45, 2.75) is 6.54 Å². The first-order valence-corrected chi connectivity index (χ1v) is 8.54. The van der Waals surface area contributed by atoms with Crippen LogP contribution in [0.15, 0.2) is 44.0 Å². The van der Waals surface area contributed by atoms with Gasteiger partial charge in [0.2, 0.25) is 11.2 Å². The first kappa shape index (κ1) is 17.8. The van der Waals surface area contributed by atoms with E-state index in [2.05, 4.69) is 15.9 Å². The zero-order chi connectivity index (χ0) is 18.1. The summed E-state index contributed by atoms with van der Waals surface area (Å²) in [6, 6.07) is 8.64. The smallest absolute Gasteiger partial charge is 0.235 e. The lowest BCUT2D eigenvalue weighted by Crippen LogP contribution is -2.09. The van der Waals surface area contributed by atoms with E-state index in [1.807, 2.05) is 6.07 Å². The predicted octanol–water partition coefficient (Wildman–Crippen LogP) is 4.35. The van der Waals surface area contributed by atoms with Crippen molar-refractivity contribution in [3.8, 4) is 22.8 Å². The summed E-state index contributed by atoms with van der Waals surface area (Å²) >= 11 is 9.63. The molecule has 0 aliphatic rings. The zero-order valence-electron chi connectivity index (χ0n) is 13.6. The minimum absolute atomic E-state index is 0.106. The number of hydrogen-bond acceptors (Lipinski definition) is 5. The minimum atomic E-state index is -0.276. The molecule has 0 aliphatic heterocycles.